The van der Waals surface area contributed by atoms with E-state index < -0.39 is 25.3 Å². The van der Waals surface area contributed by atoms with Crippen molar-refractivity contribution in [2.45, 2.75) is 64.2 Å². The van der Waals surface area contributed by atoms with Gasteiger partial charge in [0.2, 0.25) is 0 Å². The summed E-state index contributed by atoms with van der Waals surface area (Å²) in [4.78, 5) is 0. The summed E-state index contributed by atoms with van der Waals surface area (Å²) in [7, 11) is 7.59. The molecule has 42 heavy (non-hydrogen) atoms. The van der Waals surface area contributed by atoms with Gasteiger partial charge in [-0.3, -0.25) is 0 Å². The minimum atomic E-state index is -2.19. The topological polar surface area (TPSA) is 23.3 Å². The van der Waals surface area contributed by atoms with Crippen LogP contribution in [0, 0.1) is 13.3 Å². The number of para-hydroxylation sites is 2. The van der Waals surface area contributed by atoms with Gasteiger partial charge < -0.3 is 17.2 Å². The van der Waals surface area contributed by atoms with Crippen molar-refractivity contribution in [2.24, 2.45) is 5.92 Å². The van der Waals surface area contributed by atoms with Gasteiger partial charge in [0, 0.05) is 5.54 Å². The van der Waals surface area contributed by atoms with E-state index in [0.717, 1.165) is 37.1 Å². The Bertz CT molecular complexity index is 1370. The number of hydrogen-bond acceptors (Lipinski definition) is 1. The first-order chi connectivity index (χ1) is 19.9. The number of nitrogens with zero attached hydrogens (tertiary/aromatic N) is 1. The van der Waals surface area contributed by atoms with Crippen molar-refractivity contribution < 1.29 is 21.5 Å². The second-order valence-corrected chi connectivity index (χ2v) is 17.9. The van der Waals surface area contributed by atoms with Crippen LogP contribution in [0.25, 0.3) is 16.4 Å². The van der Waals surface area contributed by atoms with Crippen LogP contribution in [0.15, 0.2) is 103 Å². The van der Waals surface area contributed by atoms with E-state index in [-0.39, 0.29) is 13.5 Å². The zero-order chi connectivity index (χ0) is 29.2. The molecule has 4 aromatic rings. The molecule has 4 aromatic carbocycles. The molecule has 0 fully saturated rings. The number of unbranched alkanes of at least 4 members (excludes halogenated alkanes) is 1. The molecular weight excluding hydrogens is 609 g/mol. The Morgan fingerprint density at radius 3 is 2.17 bits per heavy atom. The van der Waals surface area contributed by atoms with Crippen molar-refractivity contribution in [2.75, 3.05) is 0 Å². The molecule has 1 aliphatic carbocycles. The maximum atomic E-state index is 7.17. The first-order valence-electron chi connectivity index (χ1n) is 14.6. The second-order valence-electron chi connectivity index (χ2n) is 11.3. The Balaban J connectivity index is 0.00000116. The number of benzene rings is 4. The molecule has 1 aliphatic rings. The van der Waals surface area contributed by atoms with Crippen molar-refractivity contribution in [1.29, 1.82) is 0 Å². The van der Waals surface area contributed by atoms with Crippen LogP contribution in [0.5, 0.6) is 5.75 Å². The van der Waals surface area contributed by atoms with E-state index in [1.54, 1.807) is 0 Å². The Labute approximate surface area is 272 Å². The molecule has 0 saturated heterocycles. The average molecular weight is 653 g/mol. The Morgan fingerprint density at radius 2 is 1.50 bits per heavy atom. The summed E-state index contributed by atoms with van der Waals surface area (Å²) in [5.41, 5.74) is 8.38. The van der Waals surface area contributed by atoms with Gasteiger partial charge in [0.05, 0.1) is 0 Å². The van der Waals surface area contributed by atoms with Gasteiger partial charge in [-0.2, -0.15) is 0 Å². The summed E-state index contributed by atoms with van der Waals surface area (Å²) in [5.74, 6) is 1.57. The molecule has 0 N–H and O–H groups in total. The molecule has 0 aromatic heterocycles. The quantitative estimate of drug-likeness (QED) is 0.124. The van der Waals surface area contributed by atoms with Crippen LogP contribution in [0.2, 0.25) is 13.1 Å². The zero-order valence-corrected chi connectivity index (χ0v) is 29.6. The Morgan fingerprint density at radius 1 is 0.881 bits per heavy atom. The van der Waals surface area contributed by atoms with Gasteiger partial charge in [-0.05, 0) is 59.3 Å². The van der Waals surface area contributed by atoms with Crippen molar-refractivity contribution in [1.82, 2.24) is 0 Å². The van der Waals surface area contributed by atoms with Crippen LogP contribution >= 0.6 is 18.6 Å². The first-order valence-corrected chi connectivity index (χ1v) is 21.8. The van der Waals surface area contributed by atoms with Crippen molar-refractivity contribution in [3.8, 4) is 16.9 Å². The molecule has 0 heterocycles. The number of fused-ring (bicyclic) bond motifs is 1. The first kappa shape index (κ1) is 34.5. The number of hydrogen-bond donors (Lipinski definition) is 0. The number of rotatable bonds is 10. The fraction of sp³-hybridized carbons (Fsp3) is 0.306. The van der Waals surface area contributed by atoms with E-state index >= 15 is 0 Å². The van der Waals surface area contributed by atoms with Gasteiger partial charge >= 0.3 is 35.6 Å². The van der Waals surface area contributed by atoms with E-state index in [0.29, 0.717) is 11.5 Å². The molecule has 0 aliphatic heterocycles. The SMILES string of the molecule is CCCCC([N-]c1ccccc1)c1ccccc1O[Si](C)(C)C1c2cccc(-c3ccccc3)c2CC1C.[CH3-].[Cl][Ti][Cl]. The monoisotopic (exact) mass is 651 g/mol. The van der Waals surface area contributed by atoms with Gasteiger partial charge in [-0.25, -0.2) is 0 Å². The van der Waals surface area contributed by atoms with E-state index in [2.05, 4.69) is 130 Å². The molecule has 6 heteroatoms. The molecule has 2 nitrogen and oxygen atoms in total. The normalized spacial score (nSPS) is 16.2. The van der Waals surface area contributed by atoms with Crippen LogP contribution in [0.1, 0.15) is 61.4 Å². The van der Waals surface area contributed by atoms with Crippen molar-refractivity contribution >= 4 is 32.6 Å². The average Bonchev–Trinajstić information content (AvgIpc) is 3.33. The molecule has 0 radical (unpaired) electrons. The number of halogens is 2. The molecule has 3 unspecified atom stereocenters. The molecule has 0 bridgehead atoms. The van der Waals surface area contributed by atoms with E-state index in [4.69, 9.17) is 28.4 Å². The summed E-state index contributed by atoms with van der Waals surface area (Å²) in [5, 5.41) is 5.19. The molecule has 3 atom stereocenters. The van der Waals surface area contributed by atoms with Gasteiger partial charge in [0.25, 0.3) is 8.32 Å². The summed E-state index contributed by atoms with van der Waals surface area (Å²) >= 11 is -0.556. The third-order valence-electron chi connectivity index (χ3n) is 8.02. The third kappa shape index (κ3) is 8.55. The van der Waals surface area contributed by atoms with Crippen LogP contribution in [-0.2, 0) is 23.5 Å². The molecule has 5 rings (SSSR count). The summed E-state index contributed by atoms with van der Waals surface area (Å²) in [6.07, 6.45) is 4.43. The molecule has 222 valence electrons. The van der Waals surface area contributed by atoms with Crippen LogP contribution in [-0.4, -0.2) is 8.32 Å². The molecule has 0 saturated carbocycles. The predicted molar refractivity (Wildman–Crippen MR) is 182 cm³/mol. The fourth-order valence-corrected chi connectivity index (χ4v) is 9.78. The second kappa shape index (κ2) is 16.7. The summed E-state index contributed by atoms with van der Waals surface area (Å²) in [6.45, 7) is 9.48. The third-order valence-corrected chi connectivity index (χ3v) is 11.1. The Hall–Kier alpha value is -2.01. The molecule has 0 spiro atoms. The van der Waals surface area contributed by atoms with E-state index in [9.17, 15) is 0 Å². The molecule has 0 amide bonds. The summed E-state index contributed by atoms with van der Waals surface area (Å²) < 4.78 is 7.17. The maximum absolute atomic E-state index is 7.17. The minimum absolute atomic E-state index is 0. The van der Waals surface area contributed by atoms with E-state index in [1.807, 2.05) is 0 Å². The van der Waals surface area contributed by atoms with Gasteiger partial charge in [-0.1, -0.05) is 136 Å². The standard InChI is InChI=1S/C35H40NOSi.CH3.2ClH.Ti/c1-5-6-23-33(36-28-18-11-8-12-19-28)31-20-13-14-24-34(31)37-38(3,4)35-26(2)25-32-29(21-15-22-30(32)35)27-16-9-7-10-17-27;;;;/h7-22,24,26,33,35H,5-6,23,25H2,1-4H3;1H3;2*1H;/q2*-1;;;+2/p-2. The van der Waals surface area contributed by atoms with E-state index in [1.165, 1.54) is 27.8 Å². The van der Waals surface area contributed by atoms with Crippen LogP contribution in [0.3, 0.4) is 0 Å². The molecular formula is C36H43Cl2NOSiTi-2. The summed E-state index contributed by atoms with van der Waals surface area (Å²) in [6, 6.07) is 36.8. The van der Waals surface area contributed by atoms with Crippen molar-refractivity contribution in [3.05, 3.63) is 133 Å². The van der Waals surface area contributed by atoms with Gasteiger partial charge in [0.15, 0.2) is 0 Å². The van der Waals surface area contributed by atoms with Crippen LogP contribution in [0.4, 0.5) is 5.69 Å². The Kier molecular flexibility index (Phi) is 13.7. The fourth-order valence-electron chi connectivity index (χ4n) is 6.39. The predicted octanol–water partition coefficient (Wildman–Crippen LogP) is 12.2. The van der Waals surface area contributed by atoms with Gasteiger partial charge in [0.1, 0.15) is 5.75 Å². The van der Waals surface area contributed by atoms with Crippen LogP contribution < -0.4 is 4.43 Å². The van der Waals surface area contributed by atoms with Crippen molar-refractivity contribution in [3.63, 3.8) is 0 Å². The zero-order valence-electron chi connectivity index (χ0n) is 25.5. The van der Waals surface area contributed by atoms with Gasteiger partial charge in [-0.15, -0.1) is 5.69 Å².